The summed E-state index contributed by atoms with van der Waals surface area (Å²) in [4.78, 5) is 12.6. The van der Waals surface area contributed by atoms with Gasteiger partial charge in [-0.1, -0.05) is 35.9 Å². The van der Waals surface area contributed by atoms with Gasteiger partial charge in [-0.25, -0.2) is 13.2 Å². The predicted octanol–water partition coefficient (Wildman–Crippen LogP) is 4.18. The zero-order valence-corrected chi connectivity index (χ0v) is 16.4. The molecule has 2 aromatic carbocycles. The standard InChI is InChI=1S/C20H19ClO5S/c1-3-26-20(23)18(12-13-22)19(14-4-8-16(21)9-5-14)15-6-10-17(11-7-15)27(2,24)25/h4-13,22H,3H2,1-2H3/b13-12-,19-18?. The molecule has 1 N–H and O–H groups in total. The molecule has 5 nitrogen and oxygen atoms in total. The van der Waals surface area contributed by atoms with E-state index in [1.165, 1.54) is 18.2 Å². The topological polar surface area (TPSA) is 80.7 Å². The summed E-state index contributed by atoms with van der Waals surface area (Å²) in [6.07, 6.45) is 3.12. The van der Waals surface area contributed by atoms with Gasteiger partial charge >= 0.3 is 5.97 Å². The van der Waals surface area contributed by atoms with E-state index in [2.05, 4.69) is 0 Å². The molecule has 0 saturated carbocycles. The van der Waals surface area contributed by atoms with Gasteiger partial charge in [0, 0.05) is 16.9 Å². The molecule has 0 atom stereocenters. The minimum absolute atomic E-state index is 0.133. The molecule has 0 saturated heterocycles. The Morgan fingerprint density at radius 3 is 2.04 bits per heavy atom. The van der Waals surface area contributed by atoms with Crippen molar-refractivity contribution in [2.24, 2.45) is 0 Å². The summed E-state index contributed by atoms with van der Waals surface area (Å²) in [7, 11) is -3.35. The fraction of sp³-hybridized carbons (Fsp3) is 0.150. The maximum Gasteiger partial charge on any atom is 0.338 e. The van der Waals surface area contributed by atoms with Crippen LogP contribution in [0, 0.1) is 0 Å². The number of hydrogen-bond acceptors (Lipinski definition) is 5. The first kappa shape index (κ1) is 20.7. The summed E-state index contributed by atoms with van der Waals surface area (Å²) in [6, 6.07) is 12.9. The van der Waals surface area contributed by atoms with E-state index in [4.69, 9.17) is 16.3 Å². The fourth-order valence-electron chi connectivity index (χ4n) is 2.50. The van der Waals surface area contributed by atoms with Crippen LogP contribution in [-0.2, 0) is 19.4 Å². The number of carbonyl (C=O) groups is 1. The third kappa shape index (κ3) is 5.21. The van der Waals surface area contributed by atoms with Gasteiger partial charge in [-0.3, -0.25) is 0 Å². The number of sulfone groups is 1. The number of aliphatic hydroxyl groups is 1. The minimum Gasteiger partial charge on any atom is -0.516 e. The lowest BCUT2D eigenvalue weighted by molar-refractivity contribution is -0.138. The van der Waals surface area contributed by atoms with Crippen LogP contribution in [0.25, 0.3) is 5.57 Å². The van der Waals surface area contributed by atoms with Crippen molar-refractivity contribution in [3.63, 3.8) is 0 Å². The van der Waals surface area contributed by atoms with E-state index < -0.39 is 15.8 Å². The highest BCUT2D eigenvalue weighted by molar-refractivity contribution is 7.90. The highest BCUT2D eigenvalue weighted by Gasteiger charge is 2.18. The Labute approximate surface area is 163 Å². The quantitative estimate of drug-likeness (QED) is 0.337. The third-order valence-electron chi connectivity index (χ3n) is 3.71. The molecule has 7 heteroatoms. The van der Waals surface area contributed by atoms with Crippen molar-refractivity contribution in [2.45, 2.75) is 11.8 Å². The molecule has 0 bridgehead atoms. The highest BCUT2D eigenvalue weighted by atomic mass is 35.5. The minimum atomic E-state index is -3.35. The summed E-state index contributed by atoms with van der Waals surface area (Å²) in [5.74, 6) is -0.611. The summed E-state index contributed by atoms with van der Waals surface area (Å²) >= 11 is 5.96. The van der Waals surface area contributed by atoms with Gasteiger partial charge in [0.1, 0.15) is 0 Å². The molecular weight excluding hydrogens is 388 g/mol. The molecule has 2 rings (SSSR count). The molecule has 0 radical (unpaired) electrons. The molecule has 0 heterocycles. The van der Waals surface area contributed by atoms with Gasteiger partial charge in [0.05, 0.1) is 23.3 Å². The third-order valence-corrected chi connectivity index (χ3v) is 5.09. The van der Waals surface area contributed by atoms with Gasteiger partial charge < -0.3 is 9.84 Å². The van der Waals surface area contributed by atoms with Crippen LogP contribution in [0.15, 0.2) is 71.3 Å². The number of hydrogen-bond donors (Lipinski definition) is 1. The van der Waals surface area contributed by atoms with E-state index in [1.54, 1.807) is 43.3 Å². The Hall–Kier alpha value is -2.57. The molecular formula is C20H19ClO5S. The number of aliphatic hydroxyl groups excluding tert-OH is 1. The van der Waals surface area contributed by atoms with E-state index in [0.717, 1.165) is 12.5 Å². The Morgan fingerprint density at radius 2 is 1.59 bits per heavy atom. The van der Waals surface area contributed by atoms with Crippen molar-refractivity contribution in [3.05, 3.63) is 82.6 Å². The van der Waals surface area contributed by atoms with Crippen LogP contribution >= 0.6 is 11.6 Å². The van der Waals surface area contributed by atoms with Crippen LogP contribution < -0.4 is 0 Å². The molecule has 0 unspecified atom stereocenters. The van der Waals surface area contributed by atoms with Gasteiger partial charge in [0.15, 0.2) is 9.84 Å². The van der Waals surface area contributed by atoms with E-state index in [-0.39, 0.29) is 17.1 Å². The largest absolute Gasteiger partial charge is 0.516 e. The molecule has 0 aromatic heterocycles. The van der Waals surface area contributed by atoms with Crippen molar-refractivity contribution in [1.82, 2.24) is 0 Å². The molecule has 0 aliphatic carbocycles. The number of esters is 1. The van der Waals surface area contributed by atoms with Gasteiger partial charge in [-0.2, -0.15) is 0 Å². The molecule has 2 aromatic rings. The Morgan fingerprint density at radius 1 is 1.07 bits per heavy atom. The number of carbonyl (C=O) groups excluding carboxylic acids is 1. The first-order chi connectivity index (χ1) is 12.8. The van der Waals surface area contributed by atoms with Crippen molar-refractivity contribution in [2.75, 3.05) is 12.9 Å². The molecule has 0 aliphatic rings. The van der Waals surface area contributed by atoms with E-state index in [0.29, 0.717) is 21.7 Å². The number of rotatable bonds is 6. The zero-order valence-electron chi connectivity index (χ0n) is 14.8. The molecule has 0 aliphatic heterocycles. The van der Waals surface area contributed by atoms with Crippen LogP contribution in [0.2, 0.25) is 5.02 Å². The number of ether oxygens (including phenoxy) is 1. The van der Waals surface area contributed by atoms with E-state index in [1.807, 2.05) is 0 Å². The van der Waals surface area contributed by atoms with Crippen LogP contribution in [0.4, 0.5) is 0 Å². The van der Waals surface area contributed by atoms with E-state index in [9.17, 15) is 18.3 Å². The van der Waals surface area contributed by atoms with Gasteiger partial charge in [0.2, 0.25) is 0 Å². The summed E-state index contributed by atoms with van der Waals surface area (Å²) in [5.41, 5.74) is 1.86. The Kier molecular flexibility index (Phi) is 6.82. The fourth-order valence-corrected chi connectivity index (χ4v) is 3.26. The second kappa shape index (κ2) is 8.88. The van der Waals surface area contributed by atoms with Gasteiger partial charge in [-0.15, -0.1) is 0 Å². The van der Waals surface area contributed by atoms with Gasteiger partial charge in [-0.05, 0) is 48.4 Å². The molecule has 0 spiro atoms. The van der Waals surface area contributed by atoms with Gasteiger partial charge in [0.25, 0.3) is 0 Å². The van der Waals surface area contributed by atoms with Crippen molar-refractivity contribution in [1.29, 1.82) is 0 Å². The van der Waals surface area contributed by atoms with E-state index >= 15 is 0 Å². The summed E-state index contributed by atoms with van der Waals surface area (Å²) < 4.78 is 28.5. The second-order valence-corrected chi connectivity index (χ2v) is 8.08. The van der Waals surface area contributed by atoms with Crippen LogP contribution in [0.3, 0.4) is 0 Å². The normalized spacial score (nSPS) is 12.7. The first-order valence-corrected chi connectivity index (χ1v) is 10.3. The molecule has 27 heavy (non-hydrogen) atoms. The van der Waals surface area contributed by atoms with Crippen molar-refractivity contribution >= 4 is 33.0 Å². The molecule has 142 valence electrons. The first-order valence-electron chi connectivity index (χ1n) is 8.06. The second-order valence-electron chi connectivity index (χ2n) is 5.63. The predicted molar refractivity (Wildman–Crippen MR) is 105 cm³/mol. The average Bonchev–Trinajstić information content (AvgIpc) is 2.62. The summed E-state index contributed by atoms with van der Waals surface area (Å²) in [6.45, 7) is 1.85. The Bertz CT molecular complexity index is 972. The monoisotopic (exact) mass is 406 g/mol. The van der Waals surface area contributed by atoms with Crippen LogP contribution in [0.1, 0.15) is 18.1 Å². The van der Waals surface area contributed by atoms with Crippen molar-refractivity contribution in [3.8, 4) is 0 Å². The number of benzene rings is 2. The smallest absolute Gasteiger partial charge is 0.338 e. The lowest BCUT2D eigenvalue weighted by Crippen LogP contribution is -2.09. The molecule has 0 amide bonds. The molecule has 0 fully saturated rings. The number of halogens is 1. The SMILES string of the molecule is CCOC(=O)C(/C=C\O)=C(c1ccc(Cl)cc1)c1ccc(S(C)(=O)=O)cc1. The van der Waals surface area contributed by atoms with Crippen LogP contribution in [0.5, 0.6) is 0 Å². The maximum atomic E-state index is 12.4. The lowest BCUT2D eigenvalue weighted by atomic mass is 9.93. The lowest BCUT2D eigenvalue weighted by Gasteiger charge is -2.14. The average molecular weight is 407 g/mol. The zero-order chi connectivity index (χ0) is 20.0. The Balaban J connectivity index is 2.74. The summed E-state index contributed by atoms with van der Waals surface area (Å²) in [5, 5.41) is 9.80. The maximum absolute atomic E-state index is 12.4. The van der Waals surface area contributed by atoms with Crippen LogP contribution in [-0.4, -0.2) is 32.4 Å². The van der Waals surface area contributed by atoms with Crippen molar-refractivity contribution < 1.29 is 23.1 Å². The highest BCUT2D eigenvalue weighted by Crippen LogP contribution is 2.30.